The number of hydrogen-bond donors (Lipinski definition) is 2. The summed E-state index contributed by atoms with van der Waals surface area (Å²) in [6.07, 6.45) is 2.46. The highest BCUT2D eigenvalue weighted by molar-refractivity contribution is 14.0. The number of methoxy groups -OCH3 is 2. The van der Waals surface area contributed by atoms with Crippen LogP contribution in [0.5, 0.6) is 11.5 Å². The molecule has 0 aliphatic carbocycles. The third kappa shape index (κ3) is 6.50. The molecule has 2 aromatic rings. The van der Waals surface area contributed by atoms with Crippen molar-refractivity contribution in [2.24, 2.45) is 16.6 Å². The van der Waals surface area contributed by atoms with Crippen LogP contribution in [-0.4, -0.2) is 44.7 Å². The quantitative estimate of drug-likeness (QED) is 0.317. The second kappa shape index (κ2) is 12.0. The topological polar surface area (TPSA) is 72.1 Å². The number of piperidine rings is 1. The van der Waals surface area contributed by atoms with Gasteiger partial charge in [-0.25, -0.2) is 0 Å². The summed E-state index contributed by atoms with van der Waals surface area (Å²) in [5.74, 6) is 2.51. The lowest BCUT2D eigenvalue weighted by molar-refractivity contribution is 0.141. The molecule has 1 heterocycles. The molecule has 164 valence electrons. The maximum absolute atomic E-state index is 6.19. The zero-order chi connectivity index (χ0) is 20.6. The number of nitrogens with zero attached hydrogens (tertiary/aromatic N) is 2. The van der Waals surface area contributed by atoms with Gasteiger partial charge in [-0.3, -0.25) is 9.89 Å². The summed E-state index contributed by atoms with van der Waals surface area (Å²) in [6.45, 7) is 5.14. The van der Waals surface area contributed by atoms with Crippen molar-refractivity contribution in [3.05, 3.63) is 54.1 Å². The van der Waals surface area contributed by atoms with Crippen molar-refractivity contribution >= 4 is 35.6 Å². The number of rotatable bonds is 7. The van der Waals surface area contributed by atoms with Crippen LogP contribution in [0.3, 0.4) is 0 Å². The Bertz CT molecular complexity index is 808. The maximum atomic E-state index is 6.19. The first-order valence-corrected chi connectivity index (χ1v) is 10.2. The molecule has 0 radical (unpaired) electrons. The van der Waals surface area contributed by atoms with Crippen LogP contribution >= 0.6 is 24.0 Å². The van der Waals surface area contributed by atoms with Gasteiger partial charge < -0.3 is 20.5 Å². The molecule has 0 spiro atoms. The number of hydrogen-bond acceptors (Lipinski definition) is 4. The first-order valence-electron chi connectivity index (χ1n) is 10.2. The molecule has 1 aliphatic rings. The number of anilines is 1. The molecule has 3 rings (SSSR count). The van der Waals surface area contributed by atoms with Gasteiger partial charge in [0, 0.05) is 11.8 Å². The minimum atomic E-state index is 0. The minimum absolute atomic E-state index is 0. The fourth-order valence-corrected chi connectivity index (χ4v) is 3.73. The SMILES string of the molecule is COc1ccc(NC(N)=NCC(c2ccccc2)N2CCC(C)CC2)cc1OC.I. The van der Waals surface area contributed by atoms with E-state index in [1.165, 1.54) is 18.4 Å². The van der Waals surface area contributed by atoms with Crippen molar-refractivity contribution in [2.75, 3.05) is 39.2 Å². The Balaban J connectivity index is 0.00000320. The Morgan fingerprint density at radius 2 is 1.77 bits per heavy atom. The molecule has 3 N–H and O–H groups in total. The van der Waals surface area contributed by atoms with E-state index < -0.39 is 0 Å². The molecule has 7 heteroatoms. The molecule has 0 aromatic heterocycles. The molecular formula is C23H33IN4O2. The first-order chi connectivity index (χ1) is 14.1. The van der Waals surface area contributed by atoms with Gasteiger partial charge in [0.1, 0.15) is 0 Å². The smallest absolute Gasteiger partial charge is 0.193 e. The van der Waals surface area contributed by atoms with E-state index in [-0.39, 0.29) is 30.0 Å². The summed E-state index contributed by atoms with van der Waals surface area (Å²) in [5.41, 5.74) is 8.29. The Kier molecular flexibility index (Phi) is 9.71. The van der Waals surface area contributed by atoms with Crippen LogP contribution in [0, 0.1) is 5.92 Å². The number of guanidine groups is 1. The van der Waals surface area contributed by atoms with Crippen molar-refractivity contribution in [3.8, 4) is 11.5 Å². The van der Waals surface area contributed by atoms with Gasteiger partial charge in [0.25, 0.3) is 0 Å². The van der Waals surface area contributed by atoms with Crippen molar-refractivity contribution in [3.63, 3.8) is 0 Å². The van der Waals surface area contributed by atoms with E-state index in [0.29, 0.717) is 24.0 Å². The van der Waals surface area contributed by atoms with Crippen LogP contribution in [0.4, 0.5) is 5.69 Å². The minimum Gasteiger partial charge on any atom is -0.493 e. The number of benzene rings is 2. The zero-order valence-electron chi connectivity index (χ0n) is 18.0. The predicted molar refractivity (Wildman–Crippen MR) is 134 cm³/mol. The van der Waals surface area contributed by atoms with Crippen LogP contribution < -0.4 is 20.5 Å². The number of likely N-dealkylation sites (tertiary alicyclic amines) is 1. The second-order valence-corrected chi connectivity index (χ2v) is 7.57. The molecule has 6 nitrogen and oxygen atoms in total. The fourth-order valence-electron chi connectivity index (χ4n) is 3.73. The third-order valence-corrected chi connectivity index (χ3v) is 5.53. The average molecular weight is 524 g/mol. The molecule has 0 amide bonds. The van der Waals surface area contributed by atoms with E-state index >= 15 is 0 Å². The normalized spacial score (nSPS) is 16.4. The lowest BCUT2D eigenvalue weighted by Crippen LogP contribution is -2.38. The Hall–Kier alpha value is -2.00. The largest absolute Gasteiger partial charge is 0.493 e. The molecule has 0 saturated carbocycles. The zero-order valence-corrected chi connectivity index (χ0v) is 20.3. The van der Waals surface area contributed by atoms with Crippen molar-refractivity contribution in [1.29, 1.82) is 0 Å². The predicted octanol–water partition coefficient (Wildman–Crippen LogP) is 4.52. The van der Waals surface area contributed by atoms with E-state index in [4.69, 9.17) is 15.2 Å². The summed E-state index contributed by atoms with van der Waals surface area (Å²) in [7, 11) is 3.23. The highest BCUT2D eigenvalue weighted by Gasteiger charge is 2.24. The highest BCUT2D eigenvalue weighted by atomic mass is 127. The summed E-state index contributed by atoms with van der Waals surface area (Å²) >= 11 is 0. The lowest BCUT2D eigenvalue weighted by atomic mass is 9.96. The van der Waals surface area contributed by atoms with E-state index in [1.807, 2.05) is 18.2 Å². The fraction of sp³-hybridized carbons (Fsp3) is 0.435. The molecule has 1 atom stereocenters. The van der Waals surface area contributed by atoms with Gasteiger partial charge in [0.2, 0.25) is 0 Å². The molecule has 1 saturated heterocycles. The lowest BCUT2D eigenvalue weighted by Gasteiger charge is -2.36. The summed E-state index contributed by atoms with van der Waals surface area (Å²) in [6, 6.07) is 16.4. The van der Waals surface area contributed by atoms with Crippen LogP contribution in [0.15, 0.2) is 53.5 Å². The second-order valence-electron chi connectivity index (χ2n) is 7.57. The molecule has 1 fully saturated rings. The Morgan fingerprint density at radius 3 is 2.40 bits per heavy atom. The van der Waals surface area contributed by atoms with E-state index in [0.717, 1.165) is 24.7 Å². The van der Waals surface area contributed by atoms with E-state index in [1.54, 1.807) is 14.2 Å². The van der Waals surface area contributed by atoms with Crippen LogP contribution in [0.2, 0.25) is 0 Å². The molecule has 30 heavy (non-hydrogen) atoms. The van der Waals surface area contributed by atoms with Crippen molar-refractivity contribution < 1.29 is 9.47 Å². The van der Waals surface area contributed by atoms with Gasteiger partial charge in [0.05, 0.1) is 26.8 Å². The van der Waals surface area contributed by atoms with Crippen molar-refractivity contribution in [1.82, 2.24) is 4.90 Å². The first kappa shape index (κ1) is 24.3. The van der Waals surface area contributed by atoms with Gasteiger partial charge in [-0.1, -0.05) is 37.3 Å². The third-order valence-electron chi connectivity index (χ3n) is 5.53. The van der Waals surface area contributed by atoms with Gasteiger partial charge in [-0.2, -0.15) is 0 Å². The maximum Gasteiger partial charge on any atom is 0.193 e. The summed E-state index contributed by atoms with van der Waals surface area (Å²) in [5, 5.41) is 3.16. The number of ether oxygens (including phenoxy) is 2. The van der Waals surface area contributed by atoms with E-state index in [9.17, 15) is 0 Å². The van der Waals surface area contributed by atoms with Crippen molar-refractivity contribution in [2.45, 2.75) is 25.8 Å². The number of aliphatic imine (C=N–C) groups is 1. The summed E-state index contributed by atoms with van der Waals surface area (Å²) < 4.78 is 10.6. The Morgan fingerprint density at radius 1 is 1.10 bits per heavy atom. The van der Waals surface area contributed by atoms with Gasteiger partial charge in [-0.05, 0) is 49.5 Å². The number of halogens is 1. The molecule has 2 aromatic carbocycles. The van der Waals surface area contributed by atoms with Gasteiger partial charge in [0.15, 0.2) is 17.5 Å². The molecule has 1 aliphatic heterocycles. The molecular weight excluding hydrogens is 491 g/mol. The molecule has 1 unspecified atom stereocenters. The van der Waals surface area contributed by atoms with Crippen LogP contribution in [0.1, 0.15) is 31.4 Å². The monoisotopic (exact) mass is 524 g/mol. The Labute approximate surface area is 196 Å². The summed E-state index contributed by atoms with van der Waals surface area (Å²) in [4.78, 5) is 7.19. The van der Waals surface area contributed by atoms with Crippen LogP contribution in [0.25, 0.3) is 0 Å². The average Bonchev–Trinajstić information content (AvgIpc) is 2.75. The van der Waals surface area contributed by atoms with E-state index in [2.05, 4.69) is 52.5 Å². The highest BCUT2D eigenvalue weighted by Crippen LogP contribution is 2.30. The number of nitrogens with two attached hydrogens (primary N) is 1. The molecule has 0 bridgehead atoms. The van der Waals surface area contributed by atoms with Crippen LogP contribution in [-0.2, 0) is 0 Å². The number of nitrogens with one attached hydrogen (secondary N) is 1. The van der Waals surface area contributed by atoms with Gasteiger partial charge in [-0.15, -0.1) is 24.0 Å². The standard InChI is InChI=1S/C23H32N4O2.HI/c1-17-11-13-27(14-12-17)20(18-7-5-4-6-8-18)16-25-23(24)26-19-9-10-21(28-2)22(15-19)29-3;/h4-10,15,17,20H,11-14,16H2,1-3H3,(H3,24,25,26);1H. The van der Waals surface area contributed by atoms with Gasteiger partial charge >= 0.3 is 0 Å².